The predicted molar refractivity (Wildman–Crippen MR) is 92.8 cm³/mol. The molecule has 2 unspecified atom stereocenters. The van der Waals surface area contributed by atoms with Crippen LogP contribution in [0.2, 0.25) is 0 Å². The standard InChI is InChI=1S/C16H26N2OS2/c1-3-4-7-14-16(19)18(9-5-6-10-20-2)15(17-14)13-8-11-21-12-13/h8,11-12,14-15,17H,3-7,9-10H2,1-2H3. The van der Waals surface area contributed by atoms with Crippen molar-refractivity contribution in [3.05, 3.63) is 22.4 Å². The van der Waals surface area contributed by atoms with E-state index in [0.717, 1.165) is 32.2 Å². The molecule has 5 heteroatoms. The van der Waals surface area contributed by atoms with Crippen molar-refractivity contribution in [3.63, 3.8) is 0 Å². The van der Waals surface area contributed by atoms with Gasteiger partial charge in [0.05, 0.1) is 6.04 Å². The van der Waals surface area contributed by atoms with Gasteiger partial charge in [0, 0.05) is 6.54 Å². The summed E-state index contributed by atoms with van der Waals surface area (Å²) in [4.78, 5) is 14.7. The van der Waals surface area contributed by atoms with E-state index < -0.39 is 0 Å². The van der Waals surface area contributed by atoms with Crippen LogP contribution in [0, 0.1) is 0 Å². The molecule has 21 heavy (non-hydrogen) atoms. The maximum absolute atomic E-state index is 12.6. The van der Waals surface area contributed by atoms with Gasteiger partial charge in [0.15, 0.2) is 0 Å². The van der Waals surface area contributed by atoms with Crippen LogP contribution in [0.15, 0.2) is 16.8 Å². The van der Waals surface area contributed by atoms with E-state index in [1.807, 2.05) is 11.8 Å². The van der Waals surface area contributed by atoms with Crippen molar-refractivity contribution in [2.45, 2.75) is 51.2 Å². The van der Waals surface area contributed by atoms with E-state index in [9.17, 15) is 4.79 Å². The average molecular weight is 327 g/mol. The van der Waals surface area contributed by atoms with E-state index >= 15 is 0 Å². The maximum Gasteiger partial charge on any atom is 0.241 e. The summed E-state index contributed by atoms with van der Waals surface area (Å²) in [6.45, 7) is 3.05. The highest BCUT2D eigenvalue weighted by molar-refractivity contribution is 7.98. The Morgan fingerprint density at radius 2 is 2.24 bits per heavy atom. The van der Waals surface area contributed by atoms with E-state index in [-0.39, 0.29) is 12.2 Å². The summed E-state index contributed by atoms with van der Waals surface area (Å²) in [5.74, 6) is 1.47. The van der Waals surface area contributed by atoms with Gasteiger partial charge in [-0.05, 0) is 53.7 Å². The molecule has 1 aliphatic heterocycles. The van der Waals surface area contributed by atoms with Crippen LogP contribution in [0.4, 0.5) is 0 Å². The number of rotatable bonds is 9. The molecule has 0 aliphatic carbocycles. The van der Waals surface area contributed by atoms with Gasteiger partial charge in [0.1, 0.15) is 6.17 Å². The number of thiophene rings is 1. The largest absolute Gasteiger partial charge is 0.322 e. The minimum absolute atomic E-state index is 0.00963. The normalized spacial score (nSPS) is 22.2. The molecule has 0 radical (unpaired) electrons. The van der Waals surface area contributed by atoms with Crippen molar-refractivity contribution in [3.8, 4) is 0 Å². The minimum Gasteiger partial charge on any atom is -0.322 e. The van der Waals surface area contributed by atoms with Crippen molar-refractivity contribution in [2.75, 3.05) is 18.6 Å². The summed E-state index contributed by atoms with van der Waals surface area (Å²) >= 11 is 3.58. The van der Waals surface area contributed by atoms with Crippen molar-refractivity contribution < 1.29 is 4.79 Å². The summed E-state index contributed by atoms with van der Waals surface area (Å²) < 4.78 is 0. The van der Waals surface area contributed by atoms with Crippen LogP contribution in [-0.4, -0.2) is 35.4 Å². The monoisotopic (exact) mass is 326 g/mol. The maximum atomic E-state index is 12.6. The van der Waals surface area contributed by atoms with Crippen LogP contribution >= 0.6 is 23.1 Å². The SMILES string of the molecule is CCCCC1NC(c2ccsc2)N(CCCCSC)C1=O. The number of thioether (sulfide) groups is 1. The third kappa shape index (κ3) is 4.47. The summed E-state index contributed by atoms with van der Waals surface area (Å²) in [6, 6.07) is 2.14. The van der Waals surface area contributed by atoms with Gasteiger partial charge in [0.25, 0.3) is 0 Å². The van der Waals surface area contributed by atoms with Crippen molar-refractivity contribution >= 4 is 29.0 Å². The van der Waals surface area contributed by atoms with Crippen molar-refractivity contribution in [1.29, 1.82) is 0 Å². The highest BCUT2D eigenvalue weighted by Gasteiger charge is 2.38. The van der Waals surface area contributed by atoms with Gasteiger partial charge in [0.2, 0.25) is 5.91 Å². The third-order valence-electron chi connectivity index (χ3n) is 3.95. The molecule has 2 atom stereocenters. The number of hydrogen-bond acceptors (Lipinski definition) is 4. The van der Waals surface area contributed by atoms with Crippen LogP contribution < -0.4 is 5.32 Å². The Morgan fingerprint density at radius 3 is 2.90 bits per heavy atom. The van der Waals surface area contributed by atoms with Crippen LogP contribution in [0.1, 0.15) is 50.8 Å². The summed E-state index contributed by atoms with van der Waals surface area (Å²) in [5.41, 5.74) is 1.23. The molecule has 1 aromatic rings. The quantitative estimate of drug-likeness (QED) is 0.699. The third-order valence-corrected chi connectivity index (χ3v) is 5.35. The second-order valence-corrected chi connectivity index (χ2v) is 7.32. The fourth-order valence-electron chi connectivity index (χ4n) is 2.77. The van der Waals surface area contributed by atoms with E-state index in [2.05, 4.69) is 40.2 Å². The van der Waals surface area contributed by atoms with E-state index in [1.54, 1.807) is 11.3 Å². The number of amides is 1. The first-order valence-corrected chi connectivity index (χ1v) is 10.2. The lowest BCUT2D eigenvalue weighted by Gasteiger charge is -2.23. The smallest absolute Gasteiger partial charge is 0.241 e. The first kappa shape index (κ1) is 16.8. The van der Waals surface area contributed by atoms with Gasteiger partial charge in [-0.2, -0.15) is 23.1 Å². The summed E-state index contributed by atoms with van der Waals surface area (Å²) in [6.07, 6.45) is 7.70. The molecule has 3 nitrogen and oxygen atoms in total. The zero-order valence-corrected chi connectivity index (χ0v) is 14.6. The van der Waals surface area contributed by atoms with Gasteiger partial charge in [-0.25, -0.2) is 0 Å². The average Bonchev–Trinajstić information content (AvgIpc) is 3.11. The van der Waals surface area contributed by atoms with Crippen LogP contribution in [0.25, 0.3) is 0 Å². The predicted octanol–water partition coefficient (Wildman–Crippen LogP) is 3.88. The van der Waals surface area contributed by atoms with Crippen molar-refractivity contribution in [2.24, 2.45) is 0 Å². The Labute approximate surface area is 136 Å². The number of unbranched alkanes of at least 4 members (excludes halogenated alkanes) is 2. The molecule has 1 aromatic heterocycles. The molecule has 2 heterocycles. The zero-order valence-electron chi connectivity index (χ0n) is 13.0. The number of nitrogens with one attached hydrogen (secondary N) is 1. The number of hydrogen-bond donors (Lipinski definition) is 1. The Bertz CT molecular complexity index is 422. The molecule has 0 saturated carbocycles. The van der Waals surface area contributed by atoms with Crippen LogP contribution in [-0.2, 0) is 4.79 Å². The minimum atomic E-state index is 0.00963. The second-order valence-electron chi connectivity index (χ2n) is 5.55. The lowest BCUT2D eigenvalue weighted by molar-refractivity contribution is -0.130. The molecule has 1 fully saturated rings. The lowest BCUT2D eigenvalue weighted by Crippen LogP contribution is -2.32. The Hall–Kier alpha value is -0.520. The highest BCUT2D eigenvalue weighted by Crippen LogP contribution is 2.29. The van der Waals surface area contributed by atoms with E-state index in [1.165, 1.54) is 17.7 Å². The molecule has 1 saturated heterocycles. The molecule has 0 bridgehead atoms. The molecule has 118 valence electrons. The van der Waals surface area contributed by atoms with Crippen LogP contribution in [0.5, 0.6) is 0 Å². The fraction of sp³-hybridized carbons (Fsp3) is 0.688. The van der Waals surface area contributed by atoms with E-state index in [0.29, 0.717) is 5.91 Å². The van der Waals surface area contributed by atoms with Crippen LogP contribution in [0.3, 0.4) is 0 Å². The molecule has 1 N–H and O–H groups in total. The Morgan fingerprint density at radius 1 is 1.38 bits per heavy atom. The fourth-order valence-corrected chi connectivity index (χ4v) is 3.94. The van der Waals surface area contributed by atoms with Gasteiger partial charge in [-0.3, -0.25) is 10.1 Å². The van der Waals surface area contributed by atoms with Gasteiger partial charge in [-0.15, -0.1) is 0 Å². The highest BCUT2D eigenvalue weighted by atomic mass is 32.2. The molecular weight excluding hydrogens is 300 g/mol. The van der Waals surface area contributed by atoms with Gasteiger partial charge in [-0.1, -0.05) is 19.8 Å². The second kappa shape index (κ2) is 8.81. The number of nitrogens with zero attached hydrogens (tertiary/aromatic N) is 1. The number of carbonyl (C=O) groups excluding carboxylic acids is 1. The Kier molecular flexibility index (Phi) is 7.07. The lowest BCUT2D eigenvalue weighted by atomic mass is 10.1. The van der Waals surface area contributed by atoms with E-state index in [4.69, 9.17) is 0 Å². The topological polar surface area (TPSA) is 32.3 Å². The van der Waals surface area contributed by atoms with Crippen molar-refractivity contribution in [1.82, 2.24) is 10.2 Å². The van der Waals surface area contributed by atoms with Gasteiger partial charge >= 0.3 is 0 Å². The molecule has 1 aliphatic rings. The summed E-state index contributed by atoms with van der Waals surface area (Å²) in [5, 5.41) is 7.79. The van der Waals surface area contributed by atoms with Gasteiger partial charge < -0.3 is 4.90 Å². The first-order valence-electron chi connectivity index (χ1n) is 7.85. The molecular formula is C16H26N2OS2. The molecule has 2 rings (SSSR count). The number of carbonyl (C=O) groups is 1. The molecule has 1 amide bonds. The molecule has 0 aromatic carbocycles. The first-order chi connectivity index (χ1) is 10.3. The Balaban J connectivity index is 1.99. The zero-order chi connectivity index (χ0) is 15.1. The summed E-state index contributed by atoms with van der Waals surface area (Å²) in [7, 11) is 0. The molecule has 0 spiro atoms.